The van der Waals surface area contributed by atoms with Gasteiger partial charge in [0.25, 0.3) is 0 Å². The molecular weight excluding hydrogens is 523 g/mol. The first kappa shape index (κ1) is 27.3. The number of methoxy groups -OCH3 is 1. The zero-order chi connectivity index (χ0) is 27.6. The quantitative estimate of drug-likeness (QED) is 0.450. The Morgan fingerprint density at radius 2 is 2.08 bits per heavy atom. The molecule has 13 heteroatoms. The van der Waals surface area contributed by atoms with Crippen LogP contribution in [0, 0.1) is 17.6 Å². The summed E-state index contributed by atoms with van der Waals surface area (Å²) in [6.45, 7) is 2.31. The van der Waals surface area contributed by atoms with E-state index in [2.05, 4.69) is 15.0 Å². The van der Waals surface area contributed by atoms with Crippen molar-refractivity contribution in [2.45, 2.75) is 19.8 Å². The fourth-order valence-corrected chi connectivity index (χ4v) is 5.54. The molecule has 1 aliphatic rings. The molecule has 9 nitrogen and oxygen atoms in total. The van der Waals surface area contributed by atoms with Crippen LogP contribution in [0.3, 0.4) is 0 Å². The first-order valence-corrected chi connectivity index (χ1v) is 13.4. The SMILES string of the molecule is COc1nc(N2CCCC(CS(N)(=O)=O)C2)c(=C/N=C(\C)c2cc(O)cc3ccc(F)c(F)c23)/c(=C/F)n1. The minimum absolute atomic E-state index is 0.0669. The maximum atomic E-state index is 14.7. The molecule has 3 N–H and O–H groups in total. The molecule has 1 unspecified atom stereocenters. The summed E-state index contributed by atoms with van der Waals surface area (Å²) in [4.78, 5) is 14.5. The van der Waals surface area contributed by atoms with Crippen LogP contribution in [0.4, 0.5) is 19.0 Å². The molecule has 4 rings (SSSR count). The number of nitrogens with zero attached hydrogens (tertiary/aromatic N) is 4. The highest BCUT2D eigenvalue weighted by atomic mass is 32.2. The molecule has 1 fully saturated rings. The topological polar surface area (TPSA) is 131 Å². The normalized spacial score (nSPS) is 17.9. The van der Waals surface area contributed by atoms with Gasteiger partial charge in [-0.15, -0.1) is 0 Å². The van der Waals surface area contributed by atoms with Crippen LogP contribution in [0.25, 0.3) is 23.3 Å². The molecule has 3 aromatic rings. The molecule has 0 aliphatic carbocycles. The number of aromatic hydroxyl groups is 1. The molecule has 1 saturated heterocycles. The smallest absolute Gasteiger partial charge is 0.318 e. The van der Waals surface area contributed by atoms with E-state index in [-0.39, 0.29) is 74.7 Å². The van der Waals surface area contributed by atoms with E-state index in [1.807, 2.05) is 0 Å². The summed E-state index contributed by atoms with van der Waals surface area (Å²) in [6.07, 6.45) is 2.82. The van der Waals surface area contributed by atoms with E-state index >= 15 is 0 Å². The van der Waals surface area contributed by atoms with E-state index in [4.69, 9.17) is 9.88 Å². The summed E-state index contributed by atoms with van der Waals surface area (Å²) < 4.78 is 71.1. The zero-order valence-corrected chi connectivity index (χ0v) is 21.5. The van der Waals surface area contributed by atoms with Crippen molar-refractivity contribution in [2.75, 3.05) is 30.9 Å². The standard InChI is InChI=1S/C25H26F3N5O4S/c1-14(18-9-17(34)8-16-5-6-20(27)23(28)22(16)18)30-11-19-21(10-26)31-25(37-2)32-24(19)33-7-3-4-15(12-33)13-38(29,35)36/h5-6,8-11,15,34H,3-4,7,12-13H2,1-2H3,(H2,29,35,36)/b19-11+,21-10-,30-14+. The Labute approximate surface area is 216 Å². The molecule has 2 aromatic carbocycles. The second-order valence-electron chi connectivity index (χ2n) is 9.02. The third kappa shape index (κ3) is 5.89. The largest absolute Gasteiger partial charge is 0.508 e. The summed E-state index contributed by atoms with van der Waals surface area (Å²) in [6, 6.07) is 4.76. The van der Waals surface area contributed by atoms with Crippen molar-refractivity contribution < 1.29 is 31.4 Å². The number of rotatable bonds is 6. The van der Waals surface area contributed by atoms with Crippen LogP contribution in [0.5, 0.6) is 11.8 Å². The predicted molar refractivity (Wildman–Crippen MR) is 139 cm³/mol. The lowest BCUT2D eigenvalue weighted by Crippen LogP contribution is -2.44. The second kappa shape index (κ2) is 11.0. The number of phenols is 1. The van der Waals surface area contributed by atoms with Gasteiger partial charge in [0.15, 0.2) is 11.6 Å². The number of sulfonamides is 1. The number of primary sulfonamides is 1. The lowest BCUT2D eigenvalue weighted by molar-refractivity contribution is 0.375. The number of fused-ring (bicyclic) bond motifs is 1. The number of halogens is 3. The van der Waals surface area contributed by atoms with Crippen LogP contribution in [0.2, 0.25) is 0 Å². The summed E-state index contributed by atoms with van der Waals surface area (Å²) in [5.74, 6) is -2.54. The van der Waals surface area contributed by atoms with Gasteiger partial charge in [0, 0.05) is 36.0 Å². The van der Waals surface area contributed by atoms with Gasteiger partial charge in [-0.2, -0.15) is 9.97 Å². The molecule has 0 saturated carbocycles. The summed E-state index contributed by atoms with van der Waals surface area (Å²) in [5.41, 5.74) is 0.342. The maximum absolute atomic E-state index is 14.7. The van der Waals surface area contributed by atoms with Gasteiger partial charge in [-0.1, -0.05) is 6.07 Å². The fraction of sp³-hybridized carbons (Fsp3) is 0.320. The van der Waals surface area contributed by atoms with Crippen molar-refractivity contribution in [2.24, 2.45) is 16.0 Å². The van der Waals surface area contributed by atoms with Gasteiger partial charge in [0.05, 0.1) is 18.1 Å². The van der Waals surface area contributed by atoms with Gasteiger partial charge in [0.2, 0.25) is 10.0 Å². The first-order valence-electron chi connectivity index (χ1n) is 11.6. The number of benzene rings is 2. The minimum Gasteiger partial charge on any atom is -0.508 e. The molecule has 1 aliphatic heterocycles. The number of aliphatic imine (C=N–C) groups is 1. The monoisotopic (exact) mass is 549 g/mol. The molecule has 1 atom stereocenters. The van der Waals surface area contributed by atoms with Crippen LogP contribution < -0.4 is 25.3 Å². The maximum Gasteiger partial charge on any atom is 0.318 e. The van der Waals surface area contributed by atoms with Gasteiger partial charge in [-0.05, 0) is 49.3 Å². The van der Waals surface area contributed by atoms with Crippen molar-refractivity contribution in [1.29, 1.82) is 0 Å². The van der Waals surface area contributed by atoms with Crippen LogP contribution >= 0.6 is 0 Å². The lowest BCUT2D eigenvalue weighted by Gasteiger charge is -2.33. The highest BCUT2D eigenvalue weighted by molar-refractivity contribution is 7.89. The molecule has 0 spiro atoms. The van der Waals surface area contributed by atoms with Crippen molar-refractivity contribution in [1.82, 2.24) is 9.97 Å². The van der Waals surface area contributed by atoms with E-state index in [0.717, 1.165) is 6.07 Å². The molecule has 0 amide bonds. The molecule has 38 heavy (non-hydrogen) atoms. The van der Waals surface area contributed by atoms with E-state index in [0.29, 0.717) is 19.4 Å². The minimum atomic E-state index is -3.70. The van der Waals surface area contributed by atoms with Crippen LogP contribution in [0.1, 0.15) is 25.3 Å². The Bertz CT molecular complexity index is 1650. The molecule has 1 aromatic heterocycles. The van der Waals surface area contributed by atoms with E-state index in [9.17, 15) is 26.7 Å². The predicted octanol–water partition coefficient (Wildman–Crippen LogP) is 2.08. The first-order chi connectivity index (χ1) is 18.0. The average molecular weight is 550 g/mol. The van der Waals surface area contributed by atoms with E-state index in [1.165, 1.54) is 38.4 Å². The molecule has 202 valence electrons. The summed E-state index contributed by atoms with van der Waals surface area (Å²) >= 11 is 0. The number of anilines is 1. The Morgan fingerprint density at radius 1 is 1.32 bits per heavy atom. The number of phenolic OH excluding ortho intramolecular Hbond substituents is 1. The van der Waals surface area contributed by atoms with Crippen molar-refractivity contribution >= 4 is 44.9 Å². The van der Waals surface area contributed by atoms with Crippen LogP contribution in [0.15, 0.2) is 29.3 Å². The molecule has 0 bridgehead atoms. The molecule has 2 heterocycles. The second-order valence-corrected chi connectivity index (χ2v) is 10.7. The van der Waals surface area contributed by atoms with Gasteiger partial charge < -0.3 is 14.7 Å². The number of ether oxygens (including phenoxy) is 1. The van der Waals surface area contributed by atoms with Crippen molar-refractivity contribution in [3.05, 3.63) is 52.0 Å². The molecular formula is C25H26F3N5O4S. The number of hydrogen-bond acceptors (Lipinski definition) is 8. The number of hydrogen-bond donors (Lipinski definition) is 2. The highest BCUT2D eigenvalue weighted by Crippen LogP contribution is 2.29. The van der Waals surface area contributed by atoms with E-state index in [1.54, 1.807) is 4.90 Å². The average Bonchev–Trinajstić information content (AvgIpc) is 2.87. The Balaban J connectivity index is 1.87. The number of piperidine rings is 1. The third-order valence-corrected chi connectivity index (χ3v) is 7.21. The Hall–Kier alpha value is -3.71. The fourth-order valence-electron chi connectivity index (χ4n) is 4.61. The zero-order valence-electron chi connectivity index (χ0n) is 20.7. The van der Waals surface area contributed by atoms with Gasteiger partial charge >= 0.3 is 6.01 Å². The highest BCUT2D eigenvalue weighted by Gasteiger charge is 2.26. The summed E-state index contributed by atoms with van der Waals surface area (Å²) in [7, 11) is -2.38. The number of aromatic nitrogens is 2. The Kier molecular flexibility index (Phi) is 7.88. The van der Waals surface area contributed by atoms with Crippen molar-refractivity contribution in [3.8, 4) is 11.8 Å². The Morgan fingerprint density at radius 3 is 2.76 bits per heavy atom. The lowest BCUT2D eigenvalue weighted by atomic mass is 10.00. The van der Waals surface area contributed by atoms with E-state index < -0.39 is 21.7 Å². The van der Waals surface area contributed by atoms with Gasteiger partial charge in [0.1, 0.15) is 23.2 Å². The molecule has 0 radical (unpaired) electrons. The van der Waals surface area contributed by atoms with Crippen LogP contribution in [-0.2, 0) is 10.0 Å². The van der Waals surface area contributed by atoms with Crippen LogP contribution in [-0.4, -0.2) is 55.2 Å². The third-order valence-electron chi connectivity index (χ3n) is 6.28. The van der Waals surface area contributed by atoms with Gasteiger partial charge in [-0.3, -0.25) is 4.99 Å². The number of nitrogens with two attached hydrogens (primary N) is 1. The van der Waals surface area contributed by atoms with Crippen molar-refractivity contribution in [3.63, 3.8) is 0 Å². The summed E-state index contributed by atoms with van der Waals surface area (Å²) in [5, 5.41) is 15.6. The van der Waals surface area contributed by atoms with Gasteiger partial charge in [-0.25, -0.2) is 26.7 Å².